The van der Waals surface area contributed by atoms with Crippen molar-refractivity contribution in [3.63, 3.8) is 0 Å². The molecule has 1 aromatic carbocycles. The zero-order valence-corrected chi connectivity index (χ0v) is 9.43. The van der Waals surface area contributed by atoms with Crippen molar-refractivity contribution < 1.29 is 18.3 Å². The van der Waals surface area contributed by atoms with Gasteiger partial charge in [-0.05, 0) is 43.5 Å². The third-order valence-electron chi connectivity index (χ3n) is 3.16. The molecular formula is C12H14F3NO. The van der Waals surface area contributed by atoms with E-state index in [4.69, 9.17) is 0 Å². The number of aliphatic hydroxyl groups excluding tert-OH is 1. The van der Waals surface area contributed by atoms with Gasteiger partial charge in [0, 0.05) is 5.69 Å². The number of benzene rings is 1. The number of anilines is 1. The highest BCUT2D eigenvalue weighted by molar-refractivity contribution is 5.57. The molecule has 0 aliphatic carbocycles. The van der Waals surface area contributed by atoms with Crippen LogP contribution in [0.4, 0.5) is 18.9 Å². The molecule has 0 spiro atoms. The van der Waals surface area contributed by atoms with E-state index >= 15 is 0 Å². The van der Waals surface area contributed by atoms with Crippen LogP contribution < -0.4 is 5.32 Å². The Morgan fingerprint density at radius 2 is 2.12 bits per heavy atom. The Balaban J connectivity index is 2.32. The molecule has 5 heteroatoms. The summed E-state index contributed by atoms with van der Waals surface area (Å²) in [6.45, 7) is 1.82. The number of alkyl halides is 3. The maximum Gasteiger partial charge on any atom is 0.416 e. The summed E-state index contributed by atoms with van der Waals surface area (Å²) in [6.07, 6.45) is -3.13. The van der Waals surface area contributed by atoms with Crippen molar-refractivity contribution in [3.05, 3.63) is 29.3 Å². The molecule has 0 saturated carbocycles. The first-order chi connectivity index (χ1) is 7.84. The standard InChI is InChI=1S/C12H14F3NO/c1-11(7-17)5-4-8-6-9(12(13,14)15)2-3-10(8)16-11/h2-3,6,16-17H,4-5,7H2,1H3. The van der Waals surface area contributed by atoms with E-state index in [0.29, 0.717) is 24.1 Å². The Hall–Kier alpha value is -1.23. The molecule has 0 aromatic heterocycles. The van der Waals surface area contributed by atoms with Crippen LogP contribution in [0.25, 0.3) is 0 Å². The second kappa shape index (κ2) is 3.91. The normalized spacial score (nSPS) is 24.1. The third-order valence-corrected chi connectivity index (χ3v) is 3.16. The summed E-state index contributed by atoms with van der Waals surface area (Å²) in [4.78, 5) is 0. The molecule has 1 aromatic rings. The van der Waals surface area contributed by atoms with E-state index in [0.717, 1.165) is 6.07 Å². The Labute approximate surface area is 97.5 Å². The summed E-state index contributed by atoms with van der Waals surface area (Å²) in [5.74, 6) is 0. The number of nitrogens with one attached hydrogen (secondary N) is 1. The molecule has 1 aliphatic rings. The van der Waals surface area contributed by atoms with E-state index in [1.165, 1.54) is 12.1 Å². The van der Waals surface area contributed by atoms with E-state index in [2.05, 4.69) is 5.32 Å². The average molecular weight is 245 g/mol. The summed E-state index contributed by atoms with van der Waals surface area (Å²) in [5.41, 5.74) is 0.282. The van der Waals surface area contributed by atoms with E-state index in [1.54, 1.807) is 0 Å². The summed E-state index contributed by atoms with van der Waals surface area (Å²) in [5, 5.41) is 12.3. The zero-order chi connectivity index (χ0) is 12.7. The van der Waals surface area contributed by atoms with Crippen LogP contribution in [0.1, 0.15) is 24.5 Å². The summed E-state index contributed by atoms with van der Waals surface area (Å²) >= 11 is 0. The molecule has 0 amide bonds. The Kier molecular flexibility index (Phi) is 2.81. The van der Waals surface area contributed by atoms with Crippen molar-refractivity contribution in [3.8, 4) is 0 Å². The fourth-order valence-electron chi connectivity index (χ4n) is 2.02. The second-order valence-corrected chi connectivity index (χ2v) is 4.71. The predicted octanol–water partition coefficient (Wildman–Crippen LogP) is 2.81. The Bertz CT molecular complexity index is 430. The molecule has 1 heterocycles. The maximum atomic E-state index is 12.5. The van der Waals surface area contributed by atoms with E-state index in [9.17, 15) is 18.3 Å². The molecule has 1 aliphatic heterocycles. The first kappa shape index (κ1) is 12.2. The highest BCUT2D eigenvalue weighted by Gasteiger charge is 2.33. The van der Waals surface area contributed by atoms with Crippen molar-refractivity contribution in [1.29, 1.82) is 0 Å². The lowest BCUT2D eigenvalue weighted by Crippen LogP contribution is -2.42. The first-order valence-electron chi connectivity index (χ1n) is 5.43. The fourth-order valence-corrected chi connectivity index (χ4v) is 2.02. The van der Waals surface area contributed by atoms with Crippen molar-refractivity contribution in [2.45, 2.75) is 31.5 Å². The van der Waals surface area contributed by atoms with Crippen LogP contribution in [0, 0.1) is 0 Å². The van der Waals surface area contributed by atoms with Gasteiger partial charge in [0.1, 0.15) is 0 Å². The molecule has 94 valence electrons. The van der Waals surface area contributed by atoms with Gasteiger partial charge >= 0.3 is 6.18 Å². The molecular weight excluding hydrogens is 231 g/mol. The van der Waals surface area contributed by atoms with Crippen LogP contribution in [0.5, 0.6) is 0 Å². The topological polar surface area (TPSA) is 32.3 Å². The van der Waals surface area contributed by atoms with Crippen molar-refractivity contribution in [2.24, 2.45) is 0 Å². The maximum absolute atomic E-state index is 12.5. The van der Waals surface area contributed by atoms with Crippen molar-refractivity contribution >= 4 is 5.69 Å². The fraction of sp³-hybridized carbons (Fsp3) is 0.500. The number of hydrogen-bond donors (Lipinski definition) is 2. The summed E-state index contributed by atoms with van der Waals surface area (Å²) in [6, 6.07) is 3.68. The lowest BCUT2D eigenvalue weighted by atomic mass is 9.88. The van der Waals surface area contributed by atoms with Gasteiger partial charge in [-0.15, -0.1) is 0 Å². The van der Waals surface area contributed by atoms with Gasteiger partial charge in [-0.3, -0.25) is 0 Å². The molecule has 1 atom stereocenters. The summed E-state index contributed by atoms with van der Waals surface area (Å²) in [7, 11) is 0. The molecule has 1 unspecified atom stereocenters. The van der Waals surface area contributed by atoms with Gasteiger partial charge in [-0.1, -0.05) is 0 Å². The number of fused-ring (bicyclic) bond motifs is 1. The number of hydrogen-bond acceptors (Lipinski definition) is 2. The van der Waals surface area contributed by atoms with Gasteiger partial charge in [0.25, 0.3) is 0 Å². The van der Waals surface area contributed by atoms with E-state index in [1.807, 2.05) is 6.92 Å². The van der Waals surface area contributed by atoms with Gasteiger partial charge in [-0.25, -0.2) is 0 Å². The number of aliphatic hydroxyl groups is 1. The predicted molar refractivity (Wildman–Crippen MR) is 58.9 cm³/mol. The zero-order valence-electron chi connectivity index (χ0n) is 9.43. The third kappa shape index (κ3) is 2.39. The monoisotopic (exact) mass is 245 g/mol. The minimum absolute atomic E-state index is 0.0343. The number of aryl methyl sites for hydroxylation is 1. The first-order valence-corrected chi connectivity index (χ1v) is 5.43. The van der Waals surface area contributed by atoms with Crippen LogP contribution >= 0.6 is 0 Å². The Morgan fingerprint density at radius 1 is 1.41 bits per heavy atom. The minimum Gasteiger partial charge on any atom is -0.394 e. The molecule has 2 rings (SSSR count). The lowest BCUT2D eigenvalue weighted by Gasteiger charge is -2.35. The van der Waals surface area contributed by atoms with Crippen LogP contribution in [0.2, 0.25) is 0 Å². The number of rotatable bonds is 1. The smallest absolute Gasteiger partial charge is 0.394 e. The Morgan fingerprint density at radius 3 is 2.71 bits per heavy atom. The van der Waals surface area contributed by atoms with Crippen molar-refractivity contribution in [1.82, 2.24) is 0 Å². The van der Waals surface area contributed by atoms with Crippen LogP contribution in [0.15, 0.2) is 18.2 Å². The van der Waals surface area contributed by atoms with Crippen LogP contribution in [0.3, 0.4) is 0 Å². The van der Waals surface area contributed by atoms with Gasteiger partial charge in [0.2, 0.25) is 0 Å². The molecule has 2 nitrogen and oxygen atoms in total. The van der Waals surface area contributed by atoms with Crippen LogP contribution in [-0.2, 0) is 12.6 Å². The molecule has 0 bridgehead atoms. The largest absolute Gasteiger partial charge is 0.416 e. The second-order valence-electron chi connectivity index (χ2n) is 4.71. The molecule has 0 saturated heterocycles. The van der Waals surface area contributed by atoms with Crippen molar-refractivity contribution in [2.75, 3.05) is 11.9 Å². The van der Waals surface area contributed by atoms with E-state index < -0.39 is 17.3 Å². The number of halogens is 3. The van der Waals surface area contributed by atoms with Crippen LogP contribution in [-0.4, -0.2) is 17.3 Å². The van der Waals surface area contributed by atoms with Gasteiger partial charge < -0.3 is 10.4 Å². The van der Waals surface area contributed by atoms with Gasteiger partial charge in [0.05, 0.1) is 17.7 Å². The van der Waals surface area contributed by atoms with Gasteiger partial charge in [-0.2, -0.15) is 13.2 Å². The lowest BCUT2D eigenvalue weighted by molar-refractivity contribution is -0.137. The van der Waals surface area contributed by atoms with E-state index in [-0.39, 0.29) is 6.61 Å². The minimum atomic E-state index is -4.30. The highest BCUT2D eigenvalue weighted by atomic mass is 19.4. The SMILES string of the molecule is CC1(CO)CCc2cc(C(F)(F)F)ccc2N1. The molecule has 0 radical (unpaired) electrons. The average Bonchev–Trinajstić information content (AvgIpc) is 2.27. The molecule has 0 fully saturated rings. The summed E-state index contributed by atoms with van der Waals surface area (Å²) < 4.78 is 37.5. The van der Waals surface area contributed by atoms with Gasteiger partial charge in [0.15, 0.2) is 0 Å². The molecule has 2 N–H and O–H groups in total. The highest BCUT2D eigenvalue weighted by Crippen LogP contribution is 2.36. The quantitative estimate of drug-likeness (QED) is 0.797. The molecule has 17 heavy (non-hydrogen) atoms.